The molecule has 1 aliphatic heterocycles. The third-order valence-corrected chi connectivity index (χ3v) is 6.30. The van der Waals surface area contributed by atoms with Gasteiger partial charge in [0, 0.05) is 29.3 Å². The van der Waals surface area contributed by atoms with Gasteiger partial charge < -0.3 is 4.74 Å². The fourth-order valence-electron chi connectivity index (χ4n) is 4.37. The minimum Gasteiger partial charge on any atom is -0.465 e. The molecule has 1 aromatic heterocycles. The topological polar surface area (TPSA) is 55.7 Å². The van der Waals surface area contributed by atoms with Crippen LogP contribution < -0.4 is 0 Å². The zero-order valence-corrected chi connectivity index (χ0v) is 16.9. The van der Waals surface area contributed by atoms with Crippen LogP contribution in [-0.4, -0.2) is 24.1 Å². The van der Waals surface area contributed by atoms with Crippen LogP contribution >= 0.6 is 11.3 Å². The lowest BCUT2D eigenvalue weighted by molar-refractivity contribution is -0.146. The van der Waals surface area contributed by atoms with Gasteiger partial charge >= 0.3 is 5.97 Å². The van der Waals surface area contributed by atoms with Crippen molar-refractivity contribution in [2.24, 2.45) is 10.9 Å². The van der Waals surface area contributed by atoms with Gasteiger partial charge in [-0.3, -0.25) is 14.6 Å². The highest BCUT2D eigenvalue weighted by molar-refractivity contribution is 7.08. The number of nitrogens with zero attached hydrogens (tertiary/aromatic N) is 1. The van der Waals surface area contributed by atoms with Crippen molar-refractivity contribution in [3.05, 3.63) is 69.6 Å². The Hall–Kier alpha value is -2.53. The van der Waals surface area contributed by atoms with Crippen molar-refractivity contribution in [2.45, 2.75) is 38.5 Å². The summed E-state index contributed by atoms with van der Waals surface area (Å²) in [5.74, 6) is -0.917. The van der Waals surface area contributed by atoms with Crippen molar-refractivity contribution in [3.63, 3.8) is 0 Å². The number of ether oxygens (including phenoxy) is 1. The Morgan fingerprint density at radius 2 is 1.96 bits per heavy atom. The molecule has 2 aliphatic rings. The normalized spacial score (nSPS) is 24.6. The van der Waals surface area contributed by atoms with Crippen molar-refractivity contribution in [2.75, 3.05) is 6.61 Å². The zero-order valence-electron chi connectivity index (χ0n) is 16.1. The van der Waals surface area contributed by atoms with Crippen LogP contribution in [0.5, 0.6) is 0 Å². The fourth-order valence-corrected chi connectivity index (χ4v) is 5.07. The number of ketones is 1. The average molecular weight is 394 g/mol. The number of hydrogen-bond donors (Lipinski definition) is 0. The SMILES string of the molecule is CCOC(=O)C1C(C)=NC2=C(C(=O)C[C@@H](c3ccccc3)C2)[C@@H]1c1ccsc1. The van der Waals surface area contributed by atoms with Crippen molar-refractivity contribution in [3.8, 4) is 0 Å². The van der Waals surface area contributed by atoms with E-state index in [1.807, 2.05) is 41.9 Å². The standard InChI is InChI=1S/C23H23NO3S/c1-3-27-23(26)20-14(2)24-18-11-17(15-7-5-4-6-8-15)12-19(25)22(18)21(20)16-9-10-28-13-16/h4-10,13,17,20-21H,3,11-12H2,1-2H3/t17-,20?,21+/m0/s1. The third-order valence-electron chi connectivity index (χ3n) is 5.60. The lowest BCUT2D eigenvalue weighted by Crippen LogP contribution is -2.38. The maximum Gasteiger partial charge on any atom is 0.315 e. The van der Waals surface area contributed by atoms with Crippen LogP contribution in [0.4, 0.5) is 0 Å². The van der Waals surface area contributed by atoms with Crippen molar-refractivity contribution in [1.82, 2.24) is 0 Å². The molecule has 0 bridgehead atoms. The summed E-state index contributed by atoms with van der Waals surface area (Å²) < 4.78 is 5.34. The number of thiophene rings is 1. The molecule has 1 aromatic carbocycles. The maximum absolute atomic E-state index is 13.3. The number of Topliss-reactive ketones (excluding diaryl/α,β-unsaturated/α-hetero) is 1. The van der Waals surface area contributed by atoms with Gasteiger partial charge in [-0.15, -0.1) is 0 Å². The van der Waals surface area contributed by atoms with Crippen LogP contribution in [0.15, 0.2) is 63.4 Å². The molecular weight excluding hydrogens is 370 g/mol. The molecule has 4 nitrogen and oxygen atoms in total. The van der Waals surface area contributed by atoms with Crippen LogP contribution in [-0.2, 0) is 14.3 Å². The van der Waals surface area contributed by atoms with Gasteiger partial charge in [0.05, 0.1) is 6.61 Å². The molecule has 2 aromatic rings. The van der Waals surface area contributed by atoms with Gasteiger partial charge in [0.15, 0.2) is 5.78 Å². The number of allylic oxidation sites excluding steroid dienone is 2. The minimum atomic E-state index is -0.537. The van der Waals surface area contributed by atoms with Gasteiger partial charge in [-0.25, -0.2) is 0 Å². The van der Waals surface area contributed by atoms with Crippen molar-refractivity contribution >= 4 is 28.8 Å². The first kappa shape index (κ1) is 18.8. The van der Waals surface area contributed by atoms with Crippen LogP contribution in [0, 0.1) is 5.92 Å². The zero-order chi connectivity index (χ0) is 19.7. The summed E-state index contributed by atoms with van der Waals surface area (Å²) in [6.45, 7) is 3.99. The highest BCUT2D eigenvalue weighted by atomic mass is 32.1. The molecule has 0 saturated carbocycles. The predicted molar refractivity (Wildman–Crippen MR) is 111 cm³/mol. The van der Waals surface area contributed by atoms with E-state index in [1.165, 1.54) is 0 Å². The second-order valence-electron chi connectivity index (χ2n) is 7.32. The monoisotopic (exact) mass is 393 g/mol. The summed E-state index contributed by atoms with van der Waals surface area (Å²) in [4.78, 5) is 30.8. The van der Waals surface area contributed by atoms with Gasteiger partial charge in [0.2, 0.25) is 0 Å². The largest absolute Gasteiger partial charge is 0.465 e. The molecule has 0 fully saturated rings. The van der Waals surface area contributed by atoms with E-state index >= 15 is 0 Å². The van der Waals surface area contributed by atoms with E-state index in [4.69, 9.17) is 9.73 Å². The third kappa shape index (κ3) is 3.35. The first-order valence-electron chi connectivity index (χ1n) is 9.65. The molecule has 144 valence electrons. The summed E-state index contributed by atoms with van der Waals surface area (Å²) in [6.07, 6.45) is 1.17. The van der Waals surface area contributed by atoms with Crippen molar-refractivity contribution in [1.29, 1.82) is 0 Å². The van der Waals surface area contributed by atoms with Gasteiger partial charge in [-0.05, 0) is 54.1 Å². The number of aliphatic imine (C=N–C) groups is 1. The second kappa shape index (κ2) is 7.84. The molecule has 3 atom stereocenters. The molecule has 2 heterocycles. The number of esters is 1. The quantitative estimate of drug-likeness (QED) is 0.695. The van der Waals surface area contributed by atoms with E-state index in [0.29, 0.717) is 18.6 Å². The molecule has 0 radical (unpaired) electrons. The molecule has 0 saturated heterocycles. The second-order valence-corrected chi connectivity index (χ2v) is 8.10. The summed E-state index contributed by atoms with van der Waals surface area (Å²) in [5, 5.41) is 4.01. The van der Waals surface area contributed by atoms with Crippen molar-refractivity contribution < 1.29 is 14.3 Å². The summed E-state index contributed by atoms with van der Waals surface area (Å²) in [7, 11) is 0. The Balaban J connectivity index is 1.77. The number of rotatable bonds is 4. The van der Waals surface area contributed by atoms with Crippen LogP contribution in [0.2, 0.25) is 0 Å². The van der Waals surface area contributed by atoms with Gasteiger partial charge in [-0.1, -0.05) is 30.3 Å². The van der Waals surface area contributed by atoms with E-state index in [0.717, 1.165) is 29.0 Å². The predicted octanol–water partition coefficient (Wildman–Crippen LogP) is 4.89. The number of carbonyl (C=O) groups excluding carboxylic acids is 2. The lowest BCUT2D eigenvalue weighted by Gasteiger charge is -2.36. The summed E-state index contributed by atoms with van der Waals surface area (Å²) in [5.41, 5.74) is 4.43. The van der Waals surface area contributed by atoms with Gasteiger partial charge in [0.25, 0.3) is 0 Å². The molecule has 1 aliphatic carbocycles. The lowest BCUT2D eigenvalue weighted by atomic mass is 9.70. The van der Waals surface area contributed by atoms with E-state index in [2.05, 4.69) is 12.1 Å². The Bertz CT molecular complexity index is 943. The molecule has 0 spiro atoms. The molecule has 5 heteroatoms. The summed E-state index contributed by atoms with van der Waals surface area (Å²) >= 11 is 1.57. The van der Waals surface area contributed by atoms with Crippen LogP contribution in [0.1, 0.15) is 49.7 Å². The Morgan fingerprint density at radius 3 is 2.64 bits per heavy atom. The van der Waals surface area contributed by atoms with Gasteiger partial charge in [0.1, 0.15) is 5.92 Å². The Kier molecular flexibility index (Phi) is 5.27. The molecule has 28 heavy (non-hydrogen) atoms. The number of hydrogen-bond acceptors (Lipinski definition) is 5. The van der Waals surface area contributed by atoms with Gasteiger partial charge in [-0.2, -0.15) is 11.3 Å². The van der Waals surface area contributed by atoms with E-state index in [9.17, 15) is 9.59 Å². The average Bonchev–Trinajstić information content (AvgIpc) is 3.22. The fraction of sp³-hybridized carbons (Fsp3) is 0.348. The number of carbonyl (C=O) groups is 2. The first-order valence-corrected chi connectivity index (χ1v) is 10.6. The Labute approximate surface area is 169 Å². The van der Waals surface area contributed by atoms with Crippen LogP contribution in [0.25, 0.3) is 0 Å². The van der Waals surface area contributed by atoms with Crippen LogP contribution in [0.3, 0.4) is 0 Å². The minimum absolute atomic E-state index is 0.0943. The van der Waals surface area contributed by atoms with E-state index in [1.54, 1.807) is 18.3 Å². The highest BCUT2D eigenvalue weighted by Crippen LogP contribution is 2.47. The highest BCUT2D eigenvalue weighted by Gasteiger charge is 2.44. The van der Waals surface area contributed by atoms with E-state index in [-0.39, 0.29) is 23.6 Å². The summed E-state index contributed by atoms with van der Waals surface area (Å²) in [6, 6.07) is 12.1. The molecule has 0 amide bonds. The Morgan fingerprint density at radius 1 is 1.18 bits per heavy atom. The molecule has 1 unspecified atom stereocenters. The molecule has 4 rings (SSSR count). The smallest absolute Gasteiger partial charge is 0.315 e. The maximum atomic E-state index is 13.3. The first-order chi connectivity index (χ1) is 13.6. The number of benzene rings is 1. The van der Waals surface area contributed by atoms with E-state index < -0.39 is 5.92 Å². The molecule has 0 N–H and O–H groups in total. The molecular formula is C23H23NO3S.